The average Bonchev–Trinajstić information content (AvgIpc) is 2.39. The van der Waals surface area contributed by atoms with Crippen molar-refractivity contribution in [3.8, 4) is 5.75 Å². The summed E-state index contributed by atoms with van der Waals surface area (Å²) in [6, 6.07) is 14.1. The number of ether oxygens (including phenoxy) is 1. The van der Waals surface area contributed by atoms with E-state index in [0.29, 0.717) is 12.4 Å². The lowest BCUT2D eigenvalue weighted by Crippen LogP contribution is -2.01. The summed E-state index contributed by atoms with van der Waals surface area (Å²) >= 11 is 1.65. The Bertz CT molecular complexity index is 501. The molecular weight excluding hydrogens is 249 g/mol. The minimum atomic E-state index is -0.324. The molecule has 0 aromatic heterocycles. The zero-order chi connectivity index (χ0) is 12.8. The van der Waals surface area contributed by atoms with Crippen molar-refractivity contribution < 1.29 is 9.13 Å². The predicted octanol–water partition coefficient (Wildman–Crippen LogP) is 3.58. The smallest absolute Gasteiger partial charge is 0.165 e. The highest BCUT2D eigenvalue weighted by Crippen LogP contribution is 2.20. The molecule has 2 aromatic carbocycles. The molecule has 2 rings (SSSR count). The maximum absolute atomic E-state index is 13.2. The maximum Gasteiger partial charge on any atom is 0.165 e. The number of halogens is 1. The number of nitrogen functional groups attached to an aromatic ring is 1. The molecular formula is C14H14FNOS. The molecule has 0 atom stereocenters. The second kappa shape index (κ2) is 6.31. The van der Waals surface area contributed by atoms with Gasteiger partial charge >= 0.3 is 0 Å². The standard InChI is InChI=1S/C14H14FNOS/c15-13-3-1-2-4-14(13)17-9-10-18-12-7-5-11(16)6-8-12/h1-8H,9-10,16H2. The second-order valence-electron chi connectivity index (χ2n) is 3.70. The molecule has 4 heteroatoms. The fourth-order valence-electron chi connectivity index (χ4n) is 1.44. The minimum absolute atomic E-state index is 0.301. The van der Waals surface area contributed by atoms with Gasteiger partial charge in [-0.25, -0.2) is 4.39 Å². The van der Waals surface area contributed by atoms with Crippen molar-refractivity contribution in [1.82, 2.24) is 0 Å². The Hall–Kier alpha value is -1.68. The Morgan fingerprint density at radius 1 is 1.06 bits per heavy atom. The van der Waals surface area contributed by atoms with E-state index in [0.717, 1.165) is 16.3 Å². The van der Waals surface area contributed by atoms with Gasteiger partial charge in [0.2, 0.25) is 0 Å². The molecule has 0 radical (unpaired) electrons. The van der Waals surface area contributed by atoms with E-state index in [1.807, 2.05) is 24.3 Å². The van der Waals surface area contributed by atoms with Crippen molar-refractivity contribution in [3.05, 3.63) is 54.3 Å². The summed E-state index contributed by atoms with van der Waals surface area (Å²) in [4.78, 5) is 1.13. The first-order chi connectivity index (χ1) is 8.75. The van der Waals surface area contributed by atoms with Crippen LogP contribution in [0.15, 0.2) is 53.4 Å². The Morgan fingerprint density at radius 3 is 2.50 bits per heavy atom. The number of hydrogen-bond acceptors (Lipinski definition) is 3. The van der Waals surface area contributed by atoms with E-state index in [2.05, 4.69) is 0 Å². The molecule has 0 bridgehead atoms. The third-order valence-corrected chi connectivity index (χ3v) is 3.30. The summed E-state index contributed by atoms with van der Waals surface area (Å²) in [7, 11) is 0. The van der Waals surface area contributed by atoms with Crippen molar-refractivity contribution in [2.75, 3.05) is 18.1 Å². The second-order valence-corrected chi connectivity index (χ2v) is 4.86. The number of nitrogens with two attached hydrogens (primary N) is 1. The number of benzene rings is 2. The van der Waals surface area contributed by atoms with Crippen LogP contribution in [-0.2, 0) is 0 Å². The van der Waals surface area contributed by atoms with Crippen molar-refractivity contribution in [2.45, 2.75) is 4.90 Å². The monoisotopic (exact) mass is 263 g/mol. The highest BCUT2D eigenvalue weighted by atomic mass is 32.2. The number of hydrogen-bond donors (Lipinski definition) is 1. The molecule has 0 spiro atoms. The van der Waals surface area contributed by atoms with Gasteiger partial charge in [0.25, 0.3) is 0 Å². The van der Waals surface area contributed by atoms with E-state index in [-0.39, 0.29) is 5.82 Å². The first kappa shape index (κ1) is 12.8. The summed E-state index contributed by atoms with van der Waals surface area (Å²) < 4.78 is 18.6. The molecule has 0 unspecified atom stereocenters. The van der Waals surface area contributed by atoms with Crippen molar-refractivity contribution in [2.24, 2.45) is 0 Å². The lowest BCUT2D eigenvalue weighted by atomic mass is 10.3. The van der Waals surface area contributed by atoms with Gasteiger partial charge in [-0.1, -0.05) is 12.1 Å². The Kier molecular flexibility index (Phi) is 4.47. The Labute approximate surface area is 110 Å². The van der Waals surface area contributed by atoms with E-state index in [1.165, 1.54) is 6.07 Å². The number of thioether (sulfide) groups is 1. The molecule has 0 fully saturated rings. The van der Waals surface area contributed by atoms with Crippen molar-refractivity contribution >= 4 is 17.4 Å². The quantitative estimate of drug-likeness (QED) is 0.509. The van der Waals surface area contributed by atoms with Gasteiger partial charge < -0.3 is 10.5 Å². The summed E-state index contributed by atoms with van der Waals surface area (Å²) in [5.74, 6) is 0.739. The highest BCUT2D eigenvalue weighted by molar-refractivity contribution is 7.99. The van der Waals surface area contributed by atoms with Gasteiger partial charge in [0.15, 0.2) is 11.6 Å². The van der Waals surface area contributed by atoms with Gasteiger partial charge in [0.1, 0.15) is 0 Å². The first-order valence-electron chi connectivity index (χ1n) is 5.61. The molecule has 0 saturated heterocycles. The van der Waals surface area contributed by atoms with Crippen LogP contribution in [-0.4, -0.2) is 12.4 Å². The van der Waals surface area contributed by atoms with Gasteiger partial charge in [-0.05, 0) is 36.4 Å². The highest BCUT2D eigenvalue weighted by Gasteiger charge is 2.01. The van der Waals surface area contributed by atoms with Crippen LogP contribution < -0.4 is 10.5 Å². The molecule has 0 aliphatic heterocycles. The fourth-order valence-corrected chi connectivity index (χ4v) is 2.17. The van der Waals surface area contributed by atoms with E-state index in [4.69, 9.17) is 10.5 Å². The van der Waals surface area contributed by atoms with Crippen LogP contribution in [0.1, 0.15) is 0 Å². The summed E-state index contributed by atoms with van der Waals surface area (Å²) in [5, 5.41) is 0. The van der Waals surface area contributed by atoms with E-state index >= 15 is 0 Å². The van der Waals surface area contributed by atoms with Crippen LogP contribution in [0.2, 0.25) is 0 Å². The topological polar surface area (TPSA) is 35.2 Å². The summed E-state index contributed by atoms with van der Waals surface area (Å²) in [6.07, 6.45) is 0. The van der Waals surface area contributed by atoms with Crippen LogP contribution in [0, 0.1) is 5.82 Å². The molecule has 2 aromatic rings. The molecule has 94 valence electrons. The minimum Gasteiger partial charge on any atom is -0.490 e. The average molecular weight is 263 g/mol. The van der Waals surface area contributed by atoms with Crippen LogP contribution >= 0.6 is 11.8 Å². The Morgan fingerprint density at radius 2 is 1.78 bits per heavy atom. The molecule has 0 heterocycles. The summed E-state index contributed by atoms with van der Waals surface area (Å²) in [6.45, 7) is 0.468. The first-order valence-corrected chi connectivity index (χ1v) is 6.60. The molecule has 0 aliphatic carbocycles. The lowest BCUT2D eigenvalue weighted by molar-refractivity contribution is 0.325. The van der Waals surface area contributed by atoms with Gasteiger partial charge in [-0.15, -0.1) is 11.8 Å². The third kappa shape index (κ3) is 3.67. The Balaban J connectivity index is 1.76. The van der Waals surface area contributed by atoms with Crippen LogP contribution in [0.3, 0.4) is 0 Å². The fraction of sp³-hybridized carbons (Fsp3) is 0.143. The van der Waals surface area contributed by atoms with Gasteiger partial charge in [0, 0.05) is 16.3 Å². The molecule has 0 aliphatic rings. The largest absolute Gasteiger partial charge is 0.490 e. The molecule has 18 heavy (non-hydrogen) atoms. The number of anilines is 1. The summed E-state index contributed by atoms with van der Waals surface area (Å²) in [5.41, 5.74) is 6.35. The predicted molar refractivity (Wildman–Crippen MR) is 73.5 cm³/mol. The van der Waals surface area contributed by atoms with Crippen LogP contribution in [0.5, 0.6) is 5.75 Å². The molecule has 2 N–H and O–H groups in total. The molecule has 0 saturated carbocycles. The SMILES string of the molecule is Nc1ccc(SCCOc2ccccc2F)cc1. The zero-order valence-corrected chi connectivity index (χ0v) is 10.6. The van der Waals surface area contributed by atoms with E-state index in [9.17, 15) is 4.39 Å². The maximum atomic E-state index is 13.2. The number of para-hydroxylation sites is 1. The van der Waals surface area contributed by atoms with E-state index in [1.54, 1.807) is 30.0 Å². The third-order valence-electron chi connectivity index (χ3n) is 2.33. The van der Waals surface area contributed by atoms with Crippen molar-refractivity contribution in [3.63, 3.8) is 0 Å². The van der Waals surface area contributed by atoms with Gasteiger partial charge in [0.05, 0.1) is 6.61 Å². The van der Waals surface area contributed by atoms with Crippen molar-refractivity contribution in [1.29, 1.82) is 0 Å². The van der Waals surface area contributed by atoms with Crippen LogP contribution in [0.25, 0.3) is 0 Å². The molecule has 0 amide bonds. The normalized spacial score (nSPS) is 10.3. The van der Waals surface area contributed by atoms with Gasteiger partial charge in [-0.2, -0.15) is 0 Å². The lowest BCUT2D eigenvalue weighted by Gasteiger charge is -2.06. The molecule has 2 nitrogen and oxygen atoms in total. The van der Waals surface area contributed by atoms with Crippen LogP contribution in [0.4, 0.5) is 10.1 Å². The van der Waals surface area contributed by atoms with E-state index < -0.39 is 0 Å². The zero-order valence-electron chi connectivity index (χ0n) is 9.80. The van der Waals surface area contributed by atoms with Gasteiger partial charge in [-0.3, -0.25) is 0 Å². The number of rotatable bonds is 5.